The molecule has 1 unspecified atom stereocenters. The molecule has 0 saturated heterocycles. The summed E-state index contributed by atoms with van der Waals surface area (Å²) in [5.41, 5.74) is 3.58. The number of fused-ring (bicyclic) bond motifs is 1. The lowest BCUT2D eigenvalue weighted by Gasteiger charge is -2.21. The summed E-state index contributed by atoms with van der Waals surface area (Å²) < 4.78 is 5.77. The Labute approximate surface area is 109 Å². The lowest BCUT2D eigenvalue weighted by Crippen LogP contribution is -2.27. The highest BCUT2D eigenvalue weighted by atomic mass is 16.5. The molecule has 0 fully saturated rings. The van der Waals surface area contributed by atoms with Gasteiger partial charge in [-0.15, -0.1) is 0 Å². The van der Waals surface area contributed by atoms with Gasteiger partial charge in [-0.2, -0.15) is 0 Å². The van der Waals surface area contributed by atoms with Gasteiger partial charge in [0.2, 0.25) is 0 Å². The first-order chi connectivity index (χ1) is 8.76. The highest BCUT2D eigenvalue weighted by Crippen LogP contribution is 2.23. The van der Waals surface area contributed by atoms with E-state index in [1.807, 2.05) is 6.92 Å². The van der Waals surface area contributed by atoms with Gasteiger partial charge in [-0.25, -0.2) is 9.97 Å². The number of hydrogen-bond donors (Lipinski definition) is 1. The number of ether oxygens (including phenoxy) is 1. The minimum Gasteiger partial charge on any atom is -0.371 e. The topological polar surface area (TPSA) is 47.0 Å². The average Bonchev–Trinajstić information content (AvgIpc) is 2.38. The molecule has 1 aliphatic rings. The predicted octanol–water partition coefficient (Wildman–Crippen LogP) is 2.31. The van der Waals surface area contributed by atoms with Gasteiger partial charge in [0.1, 0.15) is 6.10 Å². The van der Waals surface area contributed by atoms with Crippen molar-refractivity contribution in [2.45, 2.75) is 52.7 Å². The van der Waals surface area contributed by atoms with Gasteiger partial charge < -0.3 is 10.1 Å². The summed E-state index contributed by atoms with van der Waals surface area (Å²) in [5, 5.41) is 3.37. The third-order valence-corrected chi connectivity index (χ3v) is 3.36. The molecule has 4 heteroatoms. The second-order valence-corrected chi connectivity index (χ2v) is 4.75. The molecule has 0 spiro atoms. The Balaban J connectivity index is 2.29. The van der Waals surface area contributed by atoms with E-state index in [4.69, 9.17) is 9.72 Å². The number of rotatable bonds is 5. The van der Waals surface area contributed by atoms with Crippen LogP contribution in [0.1, 0.15) is 55.6 Å². The second-order valence-electron chi connectivity index (χ2n) is 4.75. The zero-order valence-corrected chi connectivity index (χ0v) is 11.6. The third-order valence-electron chi connectivity index (χ3n) is 3.36. The Morgan fingerprint density at radius 2 is 2.17 bits per heavy atom. The molecule has 2 heterocycles. The molecule has 1 aromatic heterocycles. The van der Waals surface area contributed by atoms with Crippen molar-refractivity contribution in [3.05, 3.63) is 22.8 Å². The second kappa shape index (κ2) is 6.25. The van der Waals surface area contributed by atoms with Crippen molar-refractivity contribution < 1.29 is 4.74 Å². The number of hydrogen-bond acceptors (Lipinski definition) is 4. The van der Waals surface area contributed by atoms with Gasteiger partial charge in [0.05, 0.1) is 5.69 Å². The summed E-state index contributed by atoms with van der Waals surface area (Å²) >= 11 is 0. The lowest BCUT2D eigenvalue weighted by molar-refractivity contribution is 0.0490. The molecule has 0 aliphatic carbocycles. The van der Waals surface area contributed by atoms with Crippen LogP contribution in [0.15, 0.2) is 0 Å². The Hall–Kier alpha value is -1.00. The number of nitrogens with one attached hydrogen (secondary N) is 1. The molecular weight excluding hydrogens is 226 g/mol. The molecule has 0 radical (unpaired) electrons. The monoisotopic (exact) mass is 249 g/mol. The van der Waals surface area contributed by atoms with Crippen molar-refractivity contribution in [1.82, 2.24) is 15.3 Å². The first-order valence-electron chi connectivity index (χ1n) is 6.94. The normalized spacial score (nSPS) is 16.4. The van der Waals surface area contributed by atoms with Gasteiger partial charge in [0.15, 0.2) is 5.82 Å². The summed E-state index contributed by atoms with van der Waals surface area (Å²) in [6, 6.07) is 0. The Kier molecular flexibility index (Phi) is 4.66. The summed E-state index contributed by atoms with van der Waals surface area (Å²) in [6.07, 6.45) is 3.13. The first-order valence-corrected chi connectivity index (χ1v) is 6.94. The van der Waals surface area contributed by atoms with Crippen LogP contribution in [-0.4, -0.2) is 23.1 Å². The molecule has 0 aromatic carbocycles. The van der Waals surface area contributed by atoms with Gasteiger partial charge >= 0.3 is 0 Å². The maximum absolute atomic E-state index is 5.77. The molecule has 0 bridgehead atoms. The van der Waals surface area contributed by atoms with Crippen LogP contribution in [0.3, 0.4) is 0 Å². The van der Waals surface area contributed by atoms with Crippen molar-refractivity contribution in [3.8, 4) is 0 Å². The predicted molar refractivity (Wildman–Crippen MR) is 71.5 cm³/mol. The largest absolute Gasteiger partial charge is 0.371 e. The van der Waals surface area contributed by atoms with E-state index in [0.717, 1.165) is 43.9 Å². The summed E-state index contributed by atoms with van der Waals surface area (Å²) in [7, 11) is 0. The van der Waals surface area contributed by atoms with E-state index in [2.05, 4.69) is 24.1 Å². The maximum atomic E-state index is 5.77. The highest BCUT2D eigenvalue weighted by molar-refractivity contribution is 5.27. The summed E-state index contributed by atoms with van der Waals surface area (Å²) in [5.74, 6) is 0.872. The zero-order valence-electron chi connectivity index (χ0n) is 11.6. The minimum atomic E-state index is 0.0545. The van der Waals surface area contributed by atoms with Crippen LogP contribution < -0.4 is 5.32 Å². The smallest absolute Gasteiger partial charge is 0.157 e. The maximum Gasteiger partial charge on any atom is 0.157 e. The van der Waals surface area contributed by atoms with Crippen LogP contribution in [-0.2, 0) is 17.7 Å². The van der Waals surface area contributed by atoms with Crippen molar-refractivity contribution in [2.75, 3.05) is 13.2 Å². The molecule has 2 rings (SSSR count). The van der Waals surface area contributed by atoms with Gasteiger partial charge in [0.25, 0.3) is 0 Å². The van der Waals surface area contributed by atoms with Gasteiger partial charge in [-0.3, -0.25) is 0 Å². The van der Waals surface area contributed by atoms with Gasteiger partial charge in [-0.1, -0.05) is 13.3 Å². The van der Waals surface area contributed by atoms with E-state index in [1.165, 1.54) is 11.3 Å². The molecule has 1 N–H and O–H groups in total. The molecule has 100 valence electrons. The number of aromatic nitrogens is 2. The Morgan fingerprint density at radius 1 is 1.33 bits per heavy atom. The zero-order chi connectivity index (χ0) is 13.0. The molecule has 0 amide bonds. The van der Waals surface area contributed by atoms with Crippen LogP contribution in [0.5, 0.6) is 0 Å². The molecule has 18 heavy (non-hydrogen) atoms. The standard InChI is InChI=1S/C14H23N3O/c1-4-6-13(18-5-2)14-16-10(3)11-9-15-8-7-12(11)17-14/h13,15H,4-9H2,1-3H3. The Morgan fingerprint density at radius 3 is 2.89 bits per heavy atom. The van der Waals surface area contributed by atoms with E-state index >= 15 is 0 Å². The van der Waals surface area contributed by atoms with Crippen molar-refractivity contribution in [2.24, 2.45) is 0 Å². The van der Waals surface area contributed by atoms with E-state index in [1.54, 1.807) is 0 Å². The molecule has 1 aliphatic heterocycles. The van der Waals surface area contributed by atoms with Crippen LogP contribution in [0.4, 0.5) is 0 Å². The van der Waals surface area contributed by atoms with E-state index < -0.39 is 0 Å². The van der Waals surface area contributed by atoms with Crippen molar-refractivity contribution >= 4 is 0 Å². The fourth-order valence-electron chi connectivity index (χ4n) is 2.43. The van der Waals surface area contributed by atoms with E-state index in [9.17, 15) is 0 Å². The van der Waals surface area contributed by atoms with Crippen molar-refractivity contribution in [1.29, 1.82) is 0 Å². The third kappa shape index (κ3) is 2.87. The fourth-order valence-corrected chi connectivity index (χ4v) is 2.43. The van der Waals surface area contributed by atoms with Crippen LogP contribution >= 0.6 is 0 Å². The molecular formula is C14H23N3O. The average molecular weight is 249 g/mol. The van der Waals surface area contributed by atoms with Gasteiger partial charge in [0, 0.05) is 37.4 Å². The number of aryl methyl sites for hydroxylation is 1. The van der Waals surface area contributed by atoms with Crippen molar-refractivity contribution in [3.63, 3.8) is 0 Å². The quantitative estimate of drug-likeness (QED) is 0.870. The highest BCUT2D eigenvalue weighted by Gasteiger charge is 2.20. The van der Waals surface area contributed by atoms with Gasteiger partial charge in [-0.05, 0) is 20.3 Å². The minimum absolute atomic E-state index is 0.0545. The fraction of sp³-hybridized carbons (Fsp3) is 0.714. The molecule has 1 atom stereocenters. The van der Waals surface area contributed by atoms with E-state index in [0.29, 0.717) is 6.61 Å². The molecule has 1 aromatic rings. The number of nitrogens with zero attached hydrogens (tertiary/aromatic N) is 2. The first kappa shape index (κ1) is 13.4. The Bertz CT molecular complexity index is 400. The van der Waals surface area contributed by atoms with Crippen LogP contribution in [0.2, 0.25) is 0 Å². The van der Waals surface area contributed by atoms with Crippen LogP contribution in [0, 0.1) is 6.92 Å². The SMILES string of the molecule is CCCC(OCC)c1nc(C)c2c(n1)CCNC2. The lowest BCUT2D eigenvalue weighted by atomic mass is 10.0. The van der Waals surface area contributed by atoms with Crippen LogP contribution in [0.25, 0.3) is 0 Å². The van der Waals surface area contributed by atoms with E-state index in [-0.39, 0.29) is 6.10 Å². The summed E-state index contributed by atoms with van der Waals surface area (Å²) in [6.45, 7) is 8.89. The summed E-state index contributed by atoms with van der Waals surface area (Å²) in [4.78, 5) is 9.38. The molecule has 0 saturated carbocycles. The molecule has 4 nitrogen and oxygen atoms in total.